The predicted molar refractivity (Wildman–Crippen MR) is 102 cm³/mol. The van der Waals surface area contributed by atoms with Gasteiger partial charge < -0.3 is 9.53 Å². The fourth-order valence-corrected chi connectivity index (χ4v) is 10.8. The second-order valence-electron chi connectivity index (χ2n) is 9.01. The van der Waals surface area contributed by atoms with Gasteiger partial charge in [0.2, 0.25) is 8.32 Å². The van der Waals surface area contributed by atoms with E-state index in [1.807, 2.05) is 0 Å². The minimum atomic E-state index is -2.26. The van der Waals surface area contributed by atoms with Crippen LogP contribution in [0.1, 0.15) is 81.1 Å². The highest BCUT2D eigenvalue weighted by molar-refractivity contribution is 6.86. The van der Waals surface area contributed by atoms with Crippen molar-refractivity contribution < 1.29 is 9.53 Å². The van der Waals surface area contributed by atoms with Gasteiger partial charge in [0.15, 0.2) is 0 Å². The SMILES string of the molecule is CCCC=C=C1[C@H]([C@H](O)CCC)CO[Si]1(C(C)(C)C)C(C)(C)C. The summed E-state index contributed by atoms with van der Waals surface area (Å²) in [6.45, 7) is 18.8. The summed E-state index contributed by atoms with van der Waals surface area (Å²) in [7, 11) is -2.26. The van der Waals surface area contributed by atoms with Crippen molar-refractivity contribution in [3.8, 4) is 0 Å². The van der Waals surface area contributed by atoms with Crippen molar-refractivity contribution in [2.45, 2.75) is 97.3 Å². The molecule has 3 heteroatoms. The molecule has 23 heavy (non-hydrogen) atoms. The van der Waals surface area contributed by atoms with E-state index >= 15 is 0 Å². The lowest BCUT2D eigenvalue weighted by Crippen LogP contribution is -2.54. The Morgan fingerprint density at radius 2 is 1.74 bits per heavy atom. The Hall–Kier alpha value is -0.343. The minimum Gasteiger partial charge on any atom is -0.410 e. The molecule has 0 amide bonds. The first-order chi connectivity index (χ1) is 10.5. The maximum absolute atomic E-state index is 10.7. The smallest absolute Gasteiger partial charge is 0.238 e. The van der Waals surface area contributed by atoms with Crippen LogP contribution >= 0.6 is 0 Å². The molecular formula is C20H38O2Si. The summed E-state index contributed by atoms with van der Waals surface area (Å²) >= 11 is 0. The summed E-state index contributed by atoms with van der Waals surface area (Å²) in [4.78, 5) is 0. The summed E-state index contributed by atoms with van der Waals surface area (Å²) in [5.41, 5.74) is 3.64. The predicted octanol–water partition coefficient (Wildman–Crippen LogP) is 5.76. The molecule has 0 aromatic rings. The molecular weight excluding hydrogens is 300 g/mol. The number of hydrogen-bond acceptors (Lipinski definition) is 2. The van der Waals surface area contributed by atoms with Gasteiger partial charge in [-0.1, -0.05) is 68.2 Å². The number of hydrogen-bond donors (Lipinski definition) is 1. The van der Waals surface area contributed by atoms with Gasteiger partial charge in [0.25, 0.3) is 0 Å². The monoisotopic (exact) mass is 338 g/mol. The Kier molecular flexibility index (Phi) is 6.92. The van der Waals surface area contributed by atoms with Gasteiger partial charge >= 0.3 is 0 Å². The molecule has 0 saturated carbocycles. The van der Waals surface area contributed by atoms with Gasteiger partial charge in [-0.25, -0.2) is 0 Å². The van der Waals surface area contributed by atoms with Crippen LogP contribution in [0.4, 0.5) is 0 Å². The largest absolute Gasteiger partial charge is 0.410 e. The third kappa shape index (κ3) is 4.01. The molecule has 1 N–H and O–H groups in total. The molecule has 0 aromatic carbocycles. The first-order valence-corrected chi connectivity index (χ1v) is 11.2. The van der Waals surface area contributed by atoms with Crippen molar-refractivity contribution in [2.75, 3.05) is 6.61 Å². The molecule has 0 aromatic heterocycles. The van der Waals surface area contributed by atoms with Crippen molar-refractivity contribution in [3.63, 3.8) is 0 Å². The standard InChI is InChI=1S/C20H38O2Si/c1-9-11-12-14-18-16(17(21)13-10-2)15-22-23(18,19(3,4)5)20(6,7)8/h12,16-17,21H,9-11,13,15H2,1-8H3/t14?,16-,17+/m0/s1. The number of aliphatic hydroxyl groups excluding tert-OH is 1. The molecule has 2 nitrogen and oxygen atoms in total. The van der Waals surface area contributed by atoms with Crippen LogP contribution in [0.25, 0.3) is 0 Å². The zero-order chi connectivity index (χ0) is 17.9. The molecule has 0 unspecified atom stereocenters. The van der Waals surface area contributed by atoms with Crippen molar-refractivity contribution in [2.24, 2.45) is 5.92 Å². The molecule has 0 radical (unpaired) electrons. The highest BCUT2D eigenvalue weighted by Crippen LogP contribution is 2.59. The highest BCUT2D eigenvalue weighted by atomic mass is 28.4. The molecule has 134 valence electrons. The van der Waals surface area contributed by atoms with Crippen molar-refractivity contribution >= 4 is 8.32 Å². The molecule has 1 aliphatic heterocycles. The van der Waals surface area contributed by atoms with E-state index < -0.39 is 8.32 Å². The molecule has 0 bridgehead atoms. The van der Waals surface area contributed by atoms with Crippen LogP contribution in [-0.2, 0) is 4.43 Å². The third-order valence-electron chi connectivity index (χ3n) is 5.08. The molecule has 1 aliphatic rings. The second-order valence-corrected chi connectivity index (χ2v) is 14.2. The van der Waals surface area contributed by atoms with E-state index in [1.165, 1.54) is 5.20 Å². The summed E-state index contributed by atoms with van der Waals surface area (Å²) in [5.74, 6) is 0.119. The van der Waals surface area contributed by atoms with Crippen molar-refractivity contribution in [1.82, 2.24) is 0 Å². The van der Waals surface area contributed by atoms with E-state index in [0.717, 1.165) is 25.7 Å². The van der Waals surface area contributed by atoms with Gasteiger partial charge in [0, 0.05) is 12.5 Å². The Labute approximate surface area is 145 Å². The zero-order valence-electron chi connectivity index (χ0n) is 16.6. The van der Waals surface area contributed by atoms with E-state index in [-0.39, 0.29) is 22.1 Å². The molecule has 0 spiro atoms. The topological polar surface area (TPSA) is 29.5 Å². The highest BCUT2D eigenvalue weighted by Gasteiger charge is 2.63. The van der Waals surface area contributed by atoms with Gasteiger partial charge in [0.1, 0.15) is 0 Å². The number of aliphatic hydroxyl groups is 1. The van der Waals surface area contributed by atoms with E-state index in [9.17, 15) is 5.11 Å². The van der Waals surface area contributed by atoms with Gasteiger partial charge in [-0.15, -0.1) is 5.73 Å². The first-order valence-electron chi connectivity index (χ1n) is 9.30. The second kappa shape index (κ2) is 7.69. The summed E-state index contributed by atoms with van der Waals surface area (Å²) in [5, 5.41) is 12.2. The lowest BCUT2D eigenvalue weighted by atomic mass is 9.99. The van der Waals surface area contributed by atoms with Crippen LogP contribution in [0.5, 0.6) is 0 Å². The van der Waals surface area contributed by atoms with Crippen LogP contribution in [0.2, 0.25) is 10.1 Å². The van der Waals surface area contributed by atoms with Crippen LogP contribution < -0.4 is 0 Å². The molecule has 2 atom stereocenters. The van der Waals surface area contributed by atoms with Crippen molar-refractivity contribution in [1.29, 1.82) is 0 Å². The zero-order valence-corrected chi connectivity index (χ0v) is 17.6. The summed E-state index contributed by atoms with van der Waals surface area (Å²) in [6, 6.07) is 0. The van der Waals surface area contributed by atoms with Crippen molar-refractivity contribution in [3.05, 3.63) is 17.0 Å². The Balaban J connectivity index is 3.48. The fraction of sp³-hybridized carbons (Fsp3) is 0.850. The first kappa shape index (κ1) is 20.7. The van der Waals surface area contributed by atoms with Gasteiger partial charge in [-0.2, -0.15) is 0 Å². The maximum Gasteiger partial charge on any atom is 0.238 e. The fourth-order valence-electron chi connectivity index (χ4n) is 4.34. The Bertz CT molecular complexity index is 433. The van der Waals surface area contributed by atoms with Gasteiger partial charge in [-0.3, -0.25) is 0 Å². The van der Waals surface area contributed by atoms with Crippen LogP contribution in [0.15, 0.2) is 17.0 Å². The average molecular weight is 339 g/mol. The van der Waals surface area contributed by atoms with E-state index in [4.69, 9.17) is 4.43 Å². The Morgan fingerprint density at radius 1 is 1.17 bits per heavy atom. The normalized spacial score (nSPS) is 22.8. The van der Waals surface area contributed by atoms with Crippen LogP contribution in [0.3, 0.4) is 0 Å². The average Bonchev–Trinajstić information content (AvgIpc) is 2.79. The van der Waals surface area contributed by atoms with E-state index in [2.05, 4.69) is 67.2 Å². The van der Waals surface area contributed by atoms with Crippen LogP contribution in [-0.4, -0.2) is 26.1 Å². The minimum absolute atomic E-state index is 0.0777. The lowest BCUT2D eigenvalue weighted by molar-refractivity contribution is 0.0996. The molecule has 1 rings (SSSR count). The maximum atomic E-state index is 10.7. The molecule has 0 aliphatic carbocycles. The Morgan fingerprint density at radius 3 is 2.17 bits per heavy atom. The number of unbranched alkanes of at least 4 members (excludes halogenated alkanes) is 1. The summed E-state index contributed by atoms with van der Waals surface area (Å²) < 4.78 is 6.65. The lowest BCUT2D eigenvalue weighted by Gasteiger charge is -2.48. The molecule has 1 fully saturated rings. The van der Waals surface area contributed by atoms with E-state index in [0.29, 0.717) is 6.61 Å². The quantitative estimate of drug-likeness (QED) is 0.510. The molecule has 1 saturated heterocycles. The third-order valence-corrected chi connectivity index (χ3v) is 11.2. The van der Waals surface area contributed by atoms with Gasteiger partial charge in [0.05, 0.1) is 6.10 Å². The number of rotatable bonds is 5. The van der Waals surface area contributed by atoms with E-state index in [1.54, 1.807) is 0 Å². The summed E-state index contributed by atoms with van der Waals surface area (Å²) in [6.07, 6.45) is 5.88. The van der Waals surface area contributed by atoms with Crippen LogP contribution in [0, 0.1) is 5.92 Å². The molecule has 1 heterocycles. The van der Waals surface area contributed by atoms with Gasteiger partial charge in [-0.05, 0) is 34.2 Å².